The highest BCUT2D eigenvalue weighted by Crippen LogP contribution is 2.16. The Morgan fingerprint density at radius 2 is 1.91 bits per heavy atom. The minimum absolute atomic E-state index is 0.0789. The van der Waals surface area contributed by atoms with Crippen LogP contribution < -0.4 is 26.6 Å². The van der Waals surface area contributed by atoms with Crippen LogP contribution in [0.5, 0.6) is 0 Å². The fraction of sp³-hybridized carbons (Fsp3) is 0.500. The third kappa shape index (κ3) is 4.59. The lowest BCUT2D eigenvalue weighted by atomic mass is 9.94. The molecule has 4 amide bonds. The molecule has 0 aliphatic carbocycles. The number of carbonyl (C=O) groups is 2. The van der Waals surface area contributed by atoms with Crippen LogP contribution in [0.25, 0.3) is 0 Å². The summed E-state index contributed by atoms with van der Waals surface area (Å²) in [5.41, 5.74) is -0.246. The van der Waals surface area contributed by atoms with Crippen molar-refractivity contribution >= 4 is 17.9 Å². The first kappa shape index (κ1) is 16.0. The second-order valence-corrected chi connectivity index (χ2v) is 6.12. The molecular formula is C14H22N6O2. The fourth-order valence-electron chi connectivity index (χ4n) is 1.96. The molecule has 0 saturated heterocycles. The molecule has 0 bridgehead atoms. The van der Waals surface area contributed by atoms with Crippen LogP contribution in [0, 0.1) is 5.41 Å². The average molecular weight is 306 g/mol. The highest BCUT2D eigenvalue weighted by atomic mass is 16.2. The Hall–Kier alpha value is -2.35. The Bertz CT molecular complexity index is 532. The molecule has 8 nitrogen and oxygen atoms in total. The number of nitrogens with one attached hydrogen (secondary N) is 5. The van der Waals surface area contributed by atoms with Gasteiger partial charge in [-0.3, -0.25) is 10.6 Å². The number of aliphatic imine (C=N–C) groups is 1. The molecule has 2 unspecified atom stereocenters. The van der Waals surface area contributed by atoms with Crippen molar-refractivity contribution in [1.29, 1.82) is 0 Å². The minimum atomic E-state index is -0.518. The van der Waals surface area contributed by atoms with Crippen LogP contribution in [-0.4, -0.2) is 30.2 Å². The number of amidine groups is 1. The number of nitrogens with zero attached hydrogens (tertiary/aromatic N) is 1. The molecule has 8 heteroatoms. The minimum Gasteiger partial charge on any atom is -0.315 e. The van der Waals surface area contributed by atoms with E-state index in [9.17, 15) is 9.59 Å². The van der Waals surface area contributed by atoms with E-state index in [1.807, 2.05) is 32.9 Å². The monoisotopic (exact) mass is 306 g/mol. The average Bonchev–Trinajstić information content (AvgIpc) is 2.50. The standard InChI is InChI=1S/C14H22N6O2/c1-14(2,3)10-18-11(20-13(22)19-10)17-9-5-4-7-15-12(21)16-8-6-9/h4,6-9,11,17H,5H2,1-3H3,(H2,15,16,21)(H2,18,19,20,22)/b7-4+,8-6+. The molecule has 0 radical (unpaired) electrons. The van der Waals surface area contributed by atoms with Gasteiger partial charge in [0, 0.05) is 23.9 Å². The summed E-state index contributed by atoms with van der Waals surface area (Å²) in [7, 11) is 0. The van der Waals surface area contributed by atoms with Crippen molar-refractivity contribution in [1.82, 2.24) is 26.6 Å². The molecule has 5 N–H and O–H groups in total. The van der Waals surface area contributed by atoms with Gasteiger partial charge in [0.2, 0.25) is 0 Å². The third-order valence-electron chi connectivity index (χ3n) is 3.11. The zero-order valence-electron chi connectivity index (χ0n) is 12.9. The lowest BCUT2D eigenvalue weighted by molar-refractivity contribution is 0.234. The first-order valence-corrected chi connectivity index (χ1v) is 7.15. The van der Waals surface area contributed by atoms with Gasteiger partial charge in [-0.1, -0.05) is 32.9 Å². The maximum atomic E-state index is 11.8. The van der Waals surface area contributed by atoms with Crippen molar-refractivity contribution in [3.05, 3.63) is 24.6 Å². The summed E-state index contributed by atoms with van der Waals surface area (Å²) in [5, 5.41) is 13.8. The van der Waals surface area contributed by atoms with E-state index in [4.69, 9.17) is 0 Å². The zero-order chi connectivity index (χ0) is 16.2. The largest absolute Gasteiger partial charge is 0.322 e. The van der Waals surface area contributed by atoms with Crippen LogP contribution in [0.3, 0.4) is 0 Å². The number of hydrogen-bond donors (Lipinski definition) is 5. The van der Waals surface area contributed by atoms with E-state index < -0.39 is 6.29 Å². The quantitative estimate of drug-likeness (QED) is 0.519. The summed E-state index contributed by atoms with van der Waals surface area (Å²) in [6.07, 6.45) is 6.94. The Balaban J connectivity index is 2.07. The van der Waals surface area contributed by atoms with Crippen LogP contribution in [0.4, 0.5) is 9.59 Å². The third-order valence-corrected chi connectivity index (χ3v) is 3.11. The van der Waals surface area contributed by atoms with Crippen molar-refractivity contribution in [3.8, 4) is 0 Å². The zero-order valence-corrected chi connectivity index (χ0v) is 12.9. The van der Waals surface area contributed by atoms with Gasteiger partial charge in [0.1, 0.15) is 5.84 Å². The molecule has 2 aliphatic heterocycles. The predicted octanol–water partition coefficient (Wildman–Crippen LogP) is 0.716. The molecule has 2 rings (SSSR count). The van der Waals surface area contributed by atoms with Crippen molar-refractivity contribution in [2.75, 3.05) is 0 Å². The molecular weight excluding hydrogens is 284 g/mol. The second-order valence-electron chi connectivity index (χ2n) is 6.12. The maximum Gasteiger partial charge on any atom is 0.322 e. The molecule has 2 atom stereocenters. The number of hydrogen-bond acceptors (Lipinski definition) is 4. The summed E-state index contributed by atoms with van der Waals surface area (Å²) in [5.74, 6) is 0.631. The van der Waals surface area contributed by atoms with Crippen molar-refractivity contribution in [3.63, 3.8) is 0 Å². The van der Waals surface area contributed by atoms with Gasteiger partial charge in [0.05, 0.1) is 0 Å². The van der Waals surface area contributed by atoms with Gasteiger partial charge in [-0.15, -0.1) is 0 Å². The van der Waals surface area contributed by atoms with E-state index in [1.165, 1.54) is 0 Å². The van der Waals surface area contributed by atoms with E-state index in [0.29, 0.717) is 12.3 Å². The SMILES string of the molecule is CC(C)(C)C1=NC(NC2/C=C/NC(=O)N/C=C/C2)NC(=O)N1. The molecule has 0 aromatic carbocycles. The molecule has 0 fully saturated rings. The normalized spacial score (nSPS) is 28.6. The van der Waals surface area contributed by atoms with E-state index in [1.54, 1.807) is 12.4 Å². The number of urea groups is 2. The van der Waals surface area contributed by atoms with Crippen LogP contribution >= 0.6 is 0 Å². The Labute approximate surface area is 129 Å². The van der Waals surface area contributed by atoms with Gasteiger partial charge in [-0.05, 0) is 6.42 Å². The highest BCUT2D eigenvalue weighted by Gasteiger charge is 2.28. The molecule has 0 aromatic heterocycles. The Kier molecular flexibility index (Phi) is 4.81. The number of carbonyl (C=O) groups excluding carboxylic acids is 2. The van der Waals surface area contributed by atoms with Gasteiger partial charge >= 0.3 is 12.1 Å². The lowest BCUT2D eigenvalue weighted by Crippen LogP contribution is -2.58. The number of rotatable bonds is 2. The van der Waals surface area contributed by atoms with Gasteiger partial charge in [0.15, 0.2) is 6.29 Å². The molecule has 2 aliphatic rings. The smallest absolute Gasteiger partial charge is 0.315 e. The first-order chi connectivity index (χ1) is 10.3. The molecule has 0 spiro atoms. The van der Waals surface area contributed by atoms with Crippen LogP contribution in [0.1, 0.15) is 27.2 Å². The molecule has 120 valence electrons. The van der Waals surface area contributed by atoms with E-state index in [-0.39, 0.29) is 23.5 Å². The van der Waals surface area contributed by atoms with Gasteiger partial charge < -0.3 is 16.0 Å². The van der Waals surface area contributed by atoms with Crippen molar-refractivity contribution < 1.29 is 9.59 Å². The van der Waals surface area contributed by atoms with Crippen LogP contribution in [0.15, 0.2) is 29.5 Å². The topological polar surface area (TPSA) is 107 Å². The van der Waals surface area contributed by atoms with Crippen LogP contribution in [0.2, 0.25) is 0 Å². The number of amides is 4. The second kappa shape index (κ2) is 6.61. The first-order valence-electron chi connectivity index (χ1n) is 7.15. The van der Waals surface area contributed by atoms with Crippen LogP contribution in [-0.2, 0) is 0 Å². The summed E-state index contributed by atoms with van der Waals surface area (Å²) < 4.78 is 0. The van der Waals surface area contributed by atoms with E-state index >= 15 is 0 Å². The van der Waals surface area contributed by atoms with Gasteiger partial charge in [0.25, 0.3) is 0 Å². The molecule has 0 aromatic rings. The predicted molar refractivity (Wildman–Crippen MR) is 83.8 cm³/mol. The van der Waals surface area contributed by atoms with Gasteiger partial charge in [-0.25, -0.2) is 14.6 Å². The van der Waals surface area contributed by atoms with Crippen molar-refractivity contribution in [2.24, 2.45) is 10.4 Å². The maximum absolute atomic E-state index is 11.8. The lowest BCUT2D eigenvalue weighted by Gasteiger charge is -2.31. The molecule has 2 heterocycles. The summed E-state index contributed by atoms with van der Waals surface area (Å²) in [6.45, 7) is 5.95. The molecule has 0 saturated carbocycles. The summed E-state index contributed by atoms with van der Waals surface area (Å²) >= 11 is 0. The summed E-state index contributed by atoms with van der Waals surface area (Å²) in [4.78, 5) is 27.5. The molecule has 22 heavy (non-hydrogen) atoms. The fourth-order valence-corrected chi connectivity index (χ4v) is 1.96. The Morgan fingerprint density at radius 1 is 1.18 bits per heavy atom. The highest BCUT2D eigenvalue weighted by molar-refractivity contribution is 6.01. The Morgan fingerprint density at radius 3 is 2.64 bits per heavy atom. The van der Waals surface area contributed by atoms with Crippen molar-refractivity contribution in [2.45, 2.75) is 39.5 Å². The summed E-state index contributed by atoms with van der Waals surface area (Å²) in [6, 6.07) is -0.656. The van der Waals surface area contributed by atoms with Gasteiger partial charge in [-0.2, -0.15) is 0 Å². The van der Waals surface area contributed by atoms with E-state index in [2.05, 4.69) is 31.6 Å². The van der Waals surface area contributed by atoms with E-state index in [0.717, 1.165) is 0 Å².